The molecule has 21 heavy (non-hydrogen) atoms. The lowest BCUT2D eigenvalue weighted by Gasteiger charge is -2.06. The highest BCUT2D eigenvalue weighted by Gasteiger charge is 2.34. The fourth-order valence-electron chi connectivity index (χ4n) is 1.98. The van der Waals surface area contributed by atoms with Crippen molar-refractivity contribution in [1.29, 1.82) is 0 Å². The maximum Gasteiger partial charge on any atom is 0.433 e. The van der Waals surface area contributed by atoms with Crippen molar-refractivity contribution in [2.75, 3.05) is 0 Å². The van der Waals surface area contributed by atoms with Crippen LogP contribution in [0.1, 0.15) is 11.3 Å². The van der Waals surface area contributed by atoms with E-state index in [-0.39, 0.29) is 11.5 Å². The van der Waals surface area contributed by atoms with Gasteiger partial charge in [0.2, 0.25) is 5.28 Å². The molecule has 2 aromatic heterocycles. The van der Waals surface area contributed by atoms with Gasteiger partial charge in [-0.25, -0.2) is 9.97 Å². The Labute approximate surface area is 122 Å². The summed E-state index contributed by atoms with van der Waals surface area (Å²) >= 11 is 5.57. The van der Waals surface area contributed by atoms with Crippen molar-refractivity contribution in [1.82, 2.24) is 9.97 Å². The van der Waals surface area contributed by atoms with E-state index in [1.165, 1.54) is 0 Å². The van der Waals surface area contributed by atoms with Gasteiger partial charge in [-0.1, -0.05) is 11.6 Å². The van der Waals surface area contributed by atoms with Crippen LogP contribution >= 0.6 is 11.6 Å². The standard InChI is InChI=1S/C14H8ClF3N2O/c1-7-2-3-10-8(4-7)5-11(21-10)9-6-12(14(16,17)18)20-13(15)19-9/h2-6H,1H3. The third kappa shape index (κ3) is 2.71. The first-order valence-electron chi connectivity index (χ1n) is 5.95. The number of aromatic nitrogens is 2. The molecule has 0 aliphatic rings. The van der Waals surface area contributed by atoms with Gasteiger partial charge in [-0.2, -0.15) is 13.2 Å². The minimum atomic E-state index is -4.59. The van der Waals surface area contributed by atoms with E-state index in [4.69, 9.17) is 16.0 Å². The molecule has 0 amide bonds. The summed E-state index contributed by atoms with van der Waals surface area (Å²) in [5.74, 6) is 0.213. The minimum Gasteiger partial charge on any atom is -0.454 e. The van der Waals surface area contributed by atoms with Crippen LogP contribution in [0.5, 0.6) is 0 Å². The summed E-state index contributed by atoms with van der Waals surface area (Å²) < 4.78 is 43.7. The van der Waals surface area contributed by atoms with E-state index in [0.29, 0.717) is 5.58 Å². The van der Waals surface area contributed by atoms with E-state index >= 15 is 0 Å². The normalized spacial score (nSPS) is 12.0. The van der Waals surface area contributed by atoms with Crippen LogP contribution in [-0.4, -0.2) is 9.97 Å². The molecule has 0 N–H and O–H groups in total. The largest absolute Gasteiger partial charge is 0.454 e. The first kappa shape index (κ1) is 13.9. The Morgan fingerprint density at radius 1 is 1.10 bits per heavy atom. The van der Waals surface area contributed by atoms with Crippen LogP contribution in [0, 0.1) is 6.92 Å². The molecule has 0 unspecified atom stereocenters. The Bertz CT molecular complexity index is 827. The van der Waals surface area contributed by atoms with Crippen LogP contribution in [0.25, 0.3) is 22.4 Å². The third-order valence-corrected chi connectivity index (χ3v) is 3.08. The second-order valence-corrected chi connectivity index (χ2v) is 4.90. The molecule has 3 aromatic rings. The van der Waals surface area contributed by atoms with Gasteiger partial charge in [0, 0.05) is 5.39 Å². The number of benzene rings is 1. The molecule has 0 radical (unpaired) electrons. The quantitative estimate of drug-likeness (QED) is 0.602. The summed E-state index contributed by atoms with van der Waals surface area (Å²) in [6, 6.07) is 7.92. The number of aryl methyl sites for hydroxylation is 1. The summed E-state index contributed by atoms with van der Waals surface area (Å²) in [5, 5.41) is 0.310. The van der Waals surface area contributed by atoms with Crippen LogP contribution in [0.4, 0.5) is 13.2 Å². The fraction of sp³-hybridized carbons (Fsp3) is 0.143. The first-order chi connectivity index (χ1) is 9.83. The molecule has 2 heterocycles. The number of hydrogen-bond acceptors (Lipinski definition) is 3. The SMILES string of the molecule is Cc1ccc2oc(-c3cc(C(F)(F)F)nc(Cl)n3)cc2c1. The van der Waals surface area contributed by atoms with Crippen molar-refractivity contribution in [2.24, 2.45) is 0 Å². The molecule has 0 spiro atoms. The van der Waals surface area contributed by atoms with Gasteiger partial charge in [0.25, 0.3) is 0 Å². The van der Waals surface area contributed by atoms with Crippen LogP contribution < -0.4 is 0 Å². The zero-order valence-corrected chi connectivity index (χ0v) is 11.5. The van der Waals surface area contributed by atoms with Gasteiger partial charge < -0.3 is 4.42 Å². The van der Waals surface area contributed by atoms with Crippen LogP contribution in [0.2, 0.25) is 5.28 Å². The van der Waals surface area contributed by atoms with Crippen molar-refractivity contribution in [3.05, 3.63) is 46.9 Å². The van der Waals surface area contributed by atoms with Crippen LogP contribution in [0.15, 0.2) is 34.7 Å². The molecular formula is C14H8ClF3N2O. The Kier molecular flexibility index (Phi) is 3.13. The number of hydrogen-bond donors (Lipinski definition) is 0. The van der Waals surface area contributed by atoms with Crippen LogP contribution in [0.3, 0.4) is 0 Å². The number of furan rings is 1. The highest BCUT2D eigenvalue weighted by molar-refractivity contribution is 6.28. The number of fused-ring (bicyclic) bond motifs is 1. The van der Waals surface area contributed by atoms with Crippen LogP contribution in [-0.2, 0) is 6.18 Å². The molecule has 3 rings (SSSR count). The Balaban J connectivity index is 2.16. The van der Waals surface area contributed by atoms with Crippen molar-refractivity contribution >= 4 is 22.6 Å². The summed E-state index contributed by atoms with van der Waals surface area (Å²) in [6.45, 7) is 1.91. The molecule has 3 nitrogen and oxygen atoms in total. The zero-order chi connectivity index (χ0) is 15.2. The summed E-state index contributed by atoms with van der Waals surface area (Å²) in [7, 11) is 0. The predicted molar refractivity (Wildman–Crippen MR) is 72.0 cm³/mol. The summed E-state index contributed by atoms with van der Waals surface area (Å²) in [5.41, 5.74) is 0.482. The van der Waals surface area contributed by atoms with E-state index in [2.05, 4.69) is 9.97 Å². The highest BCUT2D eigenvalue weighted by Crippen LogP contribution is 2.33. The first-order valence-corrected chi connectivity index (χ1v) is 6.33. The molecule has 0 saturated heterocycles. The monoisotopic (exact) mass is 312 g/mol. The van der Waals surface area contributed by atoms with Gasteiger partial charge in [0.15, 0.2) is 5.76 Å². The zero-order valence-electron chi connectivity index (χ0n) is 10.7. The molecule has 7 heteroatoms. The average molecular weight is 313 g/mol. The third-order valence-electron chi connectivity index (χ3n) is 2.91. The Morgan fingerprint density at radius 2 is 1.86 bits per heavy atom. The van der Waals surface area contributed by atoms with Gasteiger partial charge in [0.1, 0.15) is 17.0 Å². The summed E-state index contributed by atoms with van der Waals surface area (Å²) in [4.78, 5) is 6.98. The molecule has 0 bridgehead atoms. The molecule has 0 aliphatic heterocycles. The molecule has 108 valence electrons. The maximum absolute atomic E-state index is 12.7. The van der Waals surface area contributed by atoms with Gasteiger partial charge in [0.05, 0.1) is 0 Å². The highest BCUT2D eigenvalue weighted by atomic mass is 35.5. The molecule has 1 aromatic carbocycles. The number of alkyl halides is 3. The number of halogens is 4. The van der Waals surface area contributed by atoms with E-state index in [9.17, 15) is 13.2 Å². The van der Waals surface area contributed by atoms with E-state index in [0.717, 1.165) is 17.0 Å². The molecule has 0 atom stereocenters. The lowest BCUT2D eigenvalue weighted by atomic mass is 10.2. The van der Waals surface area contributed by atoms with Crippen molar-refractivity contribution in [3.8, 4) is 11.5 Å². The topological polar surface area (TPSA) is 38.9 Å². The Hall–Kier alpha value is -2.08. The molecule has 0 saturated carbocycles. The van der Waals surface area contributed by atoms with Gasteiger partial charge >= 0.3 is 6.18 Å². The maximum atomic E-state index is 12.7. The van der Waals surface area contributed by atoms with E-state index in [1.807, 2.05) is 19.1 Å². The smallest absolute Gasteiger partial charge is 0.433 e. The average Bonchev–Trinajstić information content (AvgIpc) is 2.80. The predicted octanol–water partition coefficient (Wildman–Crippen LogP) is 4.87. The lowest BCUT2D eigenvalue weighted by Crippen LogP contribution is -2.09. The van der Waals surface area contributed by atoms with Crippen molar-refractivity contribution in [3.63, 3.8) is 0 Å². The van der Waals surface area contributed by atoms with Crippen molar-refractivity contribution in [2.45, 2.75) is 13.1 Å². The molecular weight excluding hydrogens is 305 g/mol. The van der Waals surface area contributed by atoms with Gasteiger partial charge in [-0.05, 0) is 42.8 Å². The minimum absolute atomic E-state index is 0.00354. The second-order valence-electron chi connectivity index (χ2n) is 4.56. The summed E-state index contributed by atoms with van der Waals surface area (Å²) in [6.07, 6.45) is -4.59. The fourth-order valence-corrected chi connectivity index (χ4v) is 2.16. The molecule has 0 aliphatic carbocycles. The number of rotatable bonds is 1. The van der Waals surface area contributed by atoms with Gasteiger partial charge in [-0.3, -0.25) is 0 Å². The van der Waals surface area contributed by atoms with Gasteiger partial charge in [-0.15, -0.1) is 0 Å². The van der Waals surface area contributed by atoms with E-state index in [1.54, 1.807) is 12.1 Å². The lowest BCUT2D eigenvalue weighted by molar-refractivity contribution is -0.141. The Morgan fingerprint density at radius 3 is 2.57 bits per heavy atom. The van der Waals surface area contributed by atoms with E-state index < -0.39 is 17.2 Å². The van der Waals surface area contributed by atoms with Crippen molar-refractivity contribution < 1.29 is 17.6 Å². The second kappa shape index (κ2) is 4.73. The molecule has 0 fully saturated rings. The number of nitrogens with zero attached hydrogens (tertiary/aromatic N) is 2.